The highest BCUT2D eigenvalue weighted by molar-refractivity contribution is 5.87. The highest BCUT2D eigenvalue weighted by Crippen LogP contribution is 2.40. The zero-order valence-electron chi connectivity index (χ0n) is 36.3. The lowest BCUT2D eigenvalue weighted by Gasteiger charge is -2.32. The Kier molecular flexibility index (Phi) is 18.8. The number of hydrogen-bond acceptors (Lipinski definition) is 8. The summed E-state index contributed by atoms with van der Waals surface area (Å²) in [5, 5.41) is 0. The van der Waals surface area contributed by atoms with Crippen LogP contribution in [-0.4, -0.2) is 51.4 Å². The van der Waals surface area contributed by atoms with Gasteiger partial charge >= 0.3 is 11.9 Å². The topological polar surface area (TPSA) is 140 Å². The van der Waals surface area contributed by atoms with E-state index in [0.717, 1.165) is 77.0 Å². The fraction of sp³-hybridized carbons (Fsp3) is 0.520. The number of esters is 2. The number of halogens is 1. The molecule has 1 saturated carbocycles. The Morgan fingerprint density at radius 1 is 0.729 bits per heavy atom. The van der Waals surface area contributed by atoms with Gasteiger partial charge in [0.05, 0.1) is 5.41 Å². The number of carbonyl (C=O) groups is 2. The van der Waals surface area contributed by atoms with E-state index in [1.165, 1.54) is 38.5 Å². The molecule has 3 aromatic rings. The van der Waals surface area contributed by atoms with E-state index in [4.69, 9.17) is 31.4 Å². The molecule has 0 bridgehead atoms. The van der Waals surface area contributed by atoms with Crippen molar-refractivity contribution in [1.29, 1.82) is 0 Å². The second kappa shape index (κ2) is 23.5. The van der Waals surface area contributed by atoms with E-state index in [-0.39, 0.29) is 43.3 Å². The second-order valence-electron chi connectivity index (χ2n) is 16.8. The van der Waals surface area contributed by atoms with Gasteiger partial charge in [-0.2, -0.15) is 0 Å². The van der Waals surface area contributed by atoms with Gasteiger partial charge < -0.3 is 31.4 Å². The lowest BCUT2D eigenvalue weighted by molar-refractivity contribution is -0.150. The van der Waals surface area contributed by atoms with Crippen molar-refractivity contribution in [2.24, 2.45) is 28.5 Å². The third kappa shape index (κ3) is 13.3. The smallest absolute Gasteiger partial charge is 0.333 e. The van der Waals surface area contributed by atoms with Crippen molar-refractivity contribution in [2.75, 3.05) is 39.5 Å². The molecule has 0 atom stereocenters. The molecular formula is C50H70FN3O5. The predicted molar refractivity (Wildman–Crippen MR) is 239 cm³/mol. The normalized spacial score (nSPS) is 15.5. The fourth-order valence-electron chi connectivity index (χ4n) is 8.07. The van der Waals surface area contributed by atoms with Gasteiger partial charge in [0, 0.05) is 23.3 Å². The Morgan fingerprint density at radius 2 is 1.31 bits per heavy atom. The predicted octanol–water partition coefficient (Wildman–Crippen LogP) is 9.92. The van der Waals surface area contributed by atoms with Crippen LogP contribution in [0, 0.1) is 17.2 Å². The lowest BCUT2D eigenvalue weighted by atomic mass is 9.77. The number of rotatable bonds is 24. The van der Waals surface area contributed by atoms with Crippen LogP contribution in [0.1, 0.15) is 120 Å². The third-order valence-electron chi connectivity index (χ3n) is 11.9. The van der Waals surface area contributed by atoms with Crippen LogP contribution in [0.5, 0.6) is 5.75 Å². The maximum atomic E-state index is 16.0. The molecule has 4 rings (SSSR count). The maximum absolute atomic E-state index is 16.0. The molecule has 59 heavy (non-hydrogen) atoms. The summed E-state index contributed by atoms with van der Waals surface area (Å²) in [7, 11) is 0. The Balaban J connectivity index is 1.65. The van der Waals surface area contributed by atoms with E-state index in [1.807, 2.05) is 12.1 Å². The van der Waals surface area contributed by atoms with E-state index in [0.29, 0.717) is 43.2 Å². The lowest BCUT2D eigenvalue weighted by Crippen LogP contribution is -2.46. The highest BCUT2D eigenvalue weighted by atomic mass is 19.1. The van der Waals surface area contributed by atoms with Gasteiger partial charge in [-0.3, -0.25) is 0 Å². The minimum Gasteiger partial charge on any atom is -0.492 e. The number of carbonyl (C=O) groups excluding carboxylic acids is 2. The number of hydrogen-bond donors (Lipinski definition) is 3. The summed E-state index contributed by atoms with van der Waals surface area (Å²) < 4.78 is 33.8. The van der Waals surface area contributed by atoms with Gasteiger partial charge in [-0.1, -0.05) is 83.0 Å². The van der Waals surface area contributed by atoms with Gasteiger partial charge in [0.1, 0.15) is 31.4 Å². The molecule has 0 unspecified atom stereocenters. The van der Waals surface area contributed by atoms with E-state index in [2.05, 4.69) is 57.3 Å². The van der Waals surface area contributed by atoms with Crippen LogP contribution in [0.15, 0.2) is 72.8 Å². The molecule has 3 aromatic carbocycles. The van der Waals surface area contributed by atoms with Crippen molar-refractivity contribution < 1.29 is 28.2 Å². The van der Waals surface area contributed by atoms with E-state index < -0.39 is 17.4 Å². The summed E-state index contributed by atoms with van der Waals surface area (Å²) in [6, 6.07) is 16.5. The van der Waals surface area contributed by atoms with Crippen LogP contribution < -0.4 is 21.9 Å². The summed E-state index contributed by atoms with van der Waals surface area (Å²) in [6.45, 7) is 15.5. The molecule has 322 valence electrons. The quantitative estimate of drug-likeness (QED) is 0.0462. The first-order valence-electron chi connectivity index (χ1n) is 21.9. The van der Waals surface area contributed by atoms with Crippen LogP contribution in [0.3, 0.4) is 0 Å². The number of aryl methyl sites for hydroxylation is 3. The summed E-state index contributed by atoms with van der Waals surface area (Å²) in [6.07, 6.45) is 13.5. The molecular weight excluding hydrogens is 742 g/mol. The van der Waals surface area contributed by atoms with Gasteiger partial charge in [0.15, 0.2) is 0 Å². The van der Waals surface area contributed by atoms with Crippen LogP contribution in [0.4, 0.5) is 4.39 Å². The molecule has 8 nitrogen and oxygen atoms in total. The molecule has 0 aromatic heterocycles. The molecule has 0 spiro atoms. The van der Waals surface area contributed by atoms with Gasteiger partial charge in [-0.15, -0.1) is 0 Å². The zero-order valence-corrected chi connectivity index (χ0v) is 36.3. The molecule has 1 aliphatic rings. The Labute approximate surface area is 353 Å². The third-order valence-corrected chi connectivity index (χ3v) is 11.9. The maximum Gasteiger partial charge on any atom is 0.333 e. The standard InChI is InChI=1S/C50H70FN3O5/c1-7-9-10-13-36-16-18-38(19-17-36)40-21-23-45(46(51)29-40)44-22-20-39(26-37(44)8-2)43-27-41(14-11-24-52)47(42(28-43)15-12-25-53)57-31-50(30-54,32-58-48(55)34(3)4)33-59-49(56)35(5)6/h20-23,26-29,36,38H,3,5,7-19,24-25,30-33,52-54H2,1-2,4,6H3. The average Bonchev–Trinajstić information content (AvgIpc) is 3.24. The van der Waals surface area contributed by atoms with Gasteiger partial charge in [0.2, 0.25) is 0 Å². The summed E-state index contributed by atoms with van der Waals surface area (Å²) >= 11 is 0. The summed E-state index contributed by atoms with van der Waals surface area (Å²) in [4.78, 5) is 24.9. The minimum atomic E-state index is -1.06. The molecule has 1 fully saturated rings. The molecule has 0 saturated heterocycles. The van der Waals surface area contributed by atoms with Crippen molar-refractivity contribution in [3.8, 4) is 28.0 Å². The van der Waals surface area contributed by atoms with Gasteiger partial charge in [-0.05, 0) is 154 Å². The Hall–Kier alpha value is -4.31. The first kappa shape index (κ1) is 47.4. The van der Waals surface area contributed by atoms with Crippen molar-refractivity contribution >= 4 is 11.9 Å². The van der Waals surface area contributed by atoms with Crippen LogP contribution >= 0.6 is 0 Å². The monoisotopic (exact) mass is 812 g/mol. The molecule has 9 heteroatoms. The minimum absolute atomic E-state index is 0.000381. The number of nitrogens with two attached hydrogens (primary N) is 3. The van der Waals surface area contributed by atoms with E-state index in [9.17, 15) is 9.59 Å². The first-order valence-corrected chi connectivity index (χ1v) is 21.9. The van der Waals surface area contributed by atoms with Crippen LogP contribution in [0.25, 0.3) is 22.3 Å². The van der Waals surface area contributed by atoms with Crippen molar-refractivity contribution in [1.82, 2.24) is 0 Å². The van der Waals surface area contributed by atoms with Gasteiger partial charge in [-0.25, -0.2) is 14.0 Å². The molecule has 1 aliphatic carbocycles. The molecule has 0 amide bonds. The van der Waals surface area contributed by atoms with Crippen molar-refractivity contribution in [2.45, 2.75) is 117 Å². The average molecular weight is 812 g/mol. The highest BCUT2D eigenvalue weighted by Gasteiger charge is 2.35. The van der Waals surface area contributed by atoms with E-state index in [1.54, 1.807) is 19.9 Å². The summed E-state index contributed by atoms with van der Waals surface area (Å²) in [5.41, 5.74) is 25.5. The van der Waals surface area contributed by atoms with Crippen molar-refractivity contribution in [3.63, 3.8) is 0 Å². The second-order valence-corrected chi connectivity index (χ2v) is 16.8. The first-order chi connectivity index (χ1) is 28.4. The van der Waals surface area contributed by atoms with Gasteiger partial charge in [0.25, 0.3) is 0 Å². The SMILES string of the molecule is C=C(C)C(=O)OCC(CN)(COC(=O)C(=C)C)COc1c(CCCN)cc(-c2ccc(-c3ccc(C4CCC(CCCCC)CC4)cc3F)c(CC)c2)cc1CCCN. The number of unbranched alkanes of at least 4 members (excludes halogenated alkanes) is 2. The molecule has 0 radical (unpaired) electrons. The Bertz CT molecular complexity index is 1820. The summed E-state index contributed by atoms with van der Waals surface area (Å²) in [5.74, 6) is 0.609. The molecule has 0 heterocycles. The molecule has 0 aliphatic heterocycles. The zero-order chi connectivity index (χ0) is 43.0. The molecule has 6 N–H and O–H groups in total. The van der Waals surface area contributed by atoms with Crippen LogP contribution in [-0.2, 0) is 38.3 Å². The van der Waals surface area contributed by atoms with Crippen molar-refractivity contribution in [3.05, 3.63) is 101 Å². The van der Waals surface area contributed by atoms with Crippen LogP contribution in [0.2, 0.25) is 0 Å². The largest absolute Gasteiger partial charge is 0.492 e. The fourth-order valence-corrected chi connectivity index (χ4v) is 8.07. The number of ether oxygens (including phenoxy) is 3. The van der Waals surface area contributed by atoms with E-state index >= 15 is 4.39 Å². The Morgan fingerprint density at radius 3 is 1.81 bits per heavy atom. The number of benzene rings is 3.